The third kappa shape index (κ3) is 3.70. The van der Waals surface area contributed by atoms with Gasteiger partial charge in [-0.1, -0.05) is 33.6 Å². The molecule has 0 aromatic carbocycles. The summed E-state index contributed by atoms with van der Waals surface area (Å²) >= 11 is 0. The van der Waals surface area contributed by atoms with Crippen molar-refractivity contribution in [2.75, 3.05) is 25.7 Å². The molecule has 0 unspecified atom stereocenters. The number of aryl methyl sites for hydroxylation is 2. The third-order valence-corrected chi connectivity index (χ3v) is 5.61. The largest absolute Gasteiger partial charge is 0.494 e. The lowest BCUT2D eigenvalue weighted by molar-refractivity contribution is 0.0771. The Labute approximate surface area is 173 Å². The molecule has 1 amide bonds. The first-order valence-electron chi connectivity index (χ1n) is 10.6. The molecular weight excluding hydrogens is 366 g/mol. The molecule has 2 aromatic rings. The molecule has 29 heavy (non-hydrogen) atoms. The Morgan fingerprint density at radius 1 is 1.21 bits per heavy atom. The van der Waals surface area contributed by atoms with Gasteiger partial charge >= 0.3 is 0 Å². The first kappa shape index (κ1) is 21.1. The van der Waals surface area contributed by atoms with Gasteiger partial charge < -0.3 is 19.1 Å². The van der Waals surface area contributed by atoms with Gasteiger partial charge in [-0.05, 0) is 19.8 Å². The highest BCUT2D eigenvalue weighted by Crippen LogP contribution is 2.41. The van der Waals surface area contributed by atoms with Gasteiger partial charge in [0.2, 0.25) is 0 Å². The number of imidazole rings is 1. The second-order valence-electron chi connectivity index (χ2n) is 7.67. The number of carbonyl (C=O) groups excluding carboxylic acids is 1. The predicted octanol–water partition coefficient (Wildman–Crippen LogP) is 4.48. The number of ether oxygens (including phenoxy) is 1. The SMILES string of the molecule is CCCC(CCC)n1c(CC)nc2c1C(=O)N(C)CN2c1c(OC)ccnc1C. The molecule has 0 bridgehead atoms. The van der Waals surface area contributed by atoms with Gasteiger partial charge in [-0.15, -0.1) is 0 Å². The number of methoxy groups -OCH3 is 1. The van der Waals surface area contributed by atoms with Crippen molar-refractivity contribution >= 4 is 17.4 Å². The van der Waals surface area contributed by atoms with E-state index in [-0.39, 0.29) is 11.9 Å². The van der Waals surface area contributed by atoms with Crippen LogP contribution >= 0.6 is 0 Å². The number of fused-ring (bicyclic) bond motifs is 1. The predicted molar refractivity (Wildman–Crippen MR) is 115 cm³/mol. The molecule has 1 aliphatic heterocycles. The van der Waals surface area contributed by atoms with E-state index in [4.69, 9.17) is 9.72 Å². The smallest absolute Gasteiger partial charge is 0.275 e. The molecule has 7 nitrogen and oxygen atoms in total. The summed E-state index contributed by atoms with van der Waals surface area (Å²) in [4.78, 5) is 26.5. The van der Waals surface area contributed by atoms with Crippen molar-refractivity contribution in [1.29, 1.82) is 0 Å². The van der Waals surface area contributed by atoms with Crippen LogP contribution in [0.4, 0.5) is 11.5 Å². The van der Waals surface area contributed by atoms with Gasteiger partial charge in [-0.2, -0.15) is 0 Å². The van der Waals surface area contributed by atoms with Crippen LogP contribution < -0.4 is 9.64 Å². The third-order valence-electron chi connectivity index (χ3n) is 5.61. The van der Waals surface area contributed by atoms with E-state index < -0.39 is 0 Å². The molecule has 0 spiro atoms. The van der Waals surface area contributed by atoms with E-state index >= 15 is 0 Å². The van der Waals surface area contributed by atoms with Crippen LogP contribution in [0.2, 0.25) is 0 Å². The Kier molecular flexibility index (Phi) is 6.45. The molecule has 158 valence electrons. The summed E-state index contributed by atoms with van der Waals surface area (Å²) in [5.74, 6) is 2.45. The maximum Gasteiger partial charge on any atom is 0.275 e. The Morgan fingerprint density at radius 3 is 2.48 bits per heavy atom. The van der Waals surface area contributed by atoms with Crippen LogP contribution in [-0.2, 0) is 6.42 Å². The van der Waals surface area contributed by atoms with Crippen molar-refractivity contribution in [2.45, 2.75) is 65.8 Å². The van der Waals surface area contributed by atoms with Crippen LogP contribution in [0.3, 0.4) is 0 Å². The Balaban J connectivity index is 2.24. The van der Waals surface area contributed by atoms with E-state index in [1.807, 2.05) is 20.0 Å². The average molecular weight is 400 g/mol. The van der Waals surface area contributed by atoms with Crippen molar-refractivity contribution in [3.8, 4) is 5.75 Å². The normalized spacial score (nSPS) is 14.0. The number of carbonyl (C=O) groups is 1. The second kappa shape index (κ2) is 8.84. The van der Waals surface area contributed by atoms with Gasteiger partial charge in [-0.25, -0.2) is 4.98 Å². The minimum atomic E-state index is 0.0289. The quantitative estimate of drug-likeness (QED) is 0.655. The van der Waals surface area contributed by atoms with E-state index in [0.29, 0.717) is 12.4 Å². The summed E-state index contributed by atoms with van der Waals surface area (Å²) in [6.07, 6.45) is 6.75. The van der Waals surface area contributed by atoms with Crippen molar-refractivity contribution in [2.24, 2.45) is 0 Å². The molecule has 0 N–H and O–H groups in total. The standard InChI is InChI=1S/C22H33N5O2/c1-7-10-16(11-8-2)27-18(9-3)24-21-20(27)22(28)25(5)14-26(21)19-15(4)23-13-12-17(19)29-6/h12-13,16H,7-11,14H2,1-6H3. The van der Waals surface area contributed by atoms with Crippen LogP contribution in [0.25, 0.3) is 0 Å². The zero-order valence-electron chi connectivity index (χ0n) is 18.5. The van der Waals surface area contributed by atoms with E-state index in [9.17, 15) is 4.79 Å². The monoisotopic (exact) mass is 399 g/mol. The maximum absolute atomic E-state index is 13.3. The Hall–Kier alpha value is -2.57. The van der Waals surface area contributed by atoms with E-state index in [2.05, 4.69) is 35.2 Å². The van der Waals surface area contributed by atoms with Crippen molar-refractivity contribution in [3.63, 3.8) is 0 Å². The molecule has 1 aliphatic rings. The molecule has 0 saturated heterocycles. The second-order valence-corrected chi connectivity index (χ2v) is 7.67. The summed E-state index contributed by atoms with van der Waals surface area (Å²) in [6.45, 7) is 8.88. The van der Waals surface area contributed by atoms with Gasteiger partial charge in [0.15, 0.2) is 11.5 Å². The molecule has 7 heteroatoms. The number of nitrogens with zero attached hydrogens (tertiary/aromatic N) is 5. The maximum atomic E-state index is 13.3. The summed E-state index contributed by atoms with van der Waals surface area (Å²) in [6, 6.07) is 2.14. The van der Waals surface area contributed by atoms with Crippen molar-refractivity contribution in [3.05, 3.63) is 29.5 Å². The van der Waals surface area contributed by atoms with Gasteiger partial charge in [0.05, 0.1) is 19.5 Å². The summed E-state index contributed by atoms with van der Waals surface area (Å²) in [7, 11) is 3.50. The lowest BCUT2D eigenvalue weighted by Crippen LogP contribution is -2.43. The number of rotatable bonds is 8. The first-order valence-corrected chi connectivity index (χ1v) is 10.6. The van der Waals surface area contributed by atoms with E-state index in [1.54, 1.807) is 18.2 Å². The topological polar surface area (TPSA) is 63.5 Å². The molecule has 0 aliphatic carbocycles. The fourth-order valence-corrected chi connectivity index (χ4v) is 4.29. The molecule has 0 fully saturated rings. The molecule has 0 saturated carbocycles. The molecular formula is C22H33N5O2. The molecule has 0 atom stereocenters. The highest BCUT2D eigenvalue weighted by molar-refractivity contribution is 6.01. The van der Waals surface area contributed by atoms with Crippen LogP contribution in [0.15, 0.2) is 12.3 Å². The van der Waals surface area contributed by atoms with Crippen molar-refractivity contribution in [1.82, 2.24) is 19.4 Å². The number of amides is 1. The zero-order valence-corrected chi connectivity index (χ0v) is 18.5. The Morgan fingerprint density at radius 2 is 1.90 bits per heavy atom. The van der Waals surface area contributed by atoms with Crippen LogP contribution in [0.1, 0.15) is 74.5 Å². The highest BCUT2D eigenvalue weighted by atomic mass is 16.5. The molecule has 0 radical (unpaired) electrons. The molecule has 3 heterocycles. The summed E-state index contributed by atoms with van der Waals surface area (Å²) in [5.41, 5.74) is 2.41. The van der Waals surface area contributed by atoms with Crippen molar-refractivity contribution < 1.29 is 9.53 Å². The van der Waals surface area contributed by atoms with Crippen LogP contribution in [-0.4, -0.2) is 46.2 Å². The first-order chi connectivity index (χ1) is 14.0. The minimum Gasteiger partial charge on any atom is -0.494 e. The molecule has 3 rings (SSSR count). The van der Waals surface area contributed by atoms with E-state index in [1.165, 1.54) is 0 Å². The lowest BCUT2D eigenvalue weighted by atomic mass is 10.1. The number of hydrogen-bond donors (Lipinski definition) is 0. The minimum absolute atomic E-state index is 0.0289. The van der Waals surface area contributed by atoms with Gasteiger partial charge in [0.25, 0.3) is 5.91 Å². The number of hydrogen-bond acceptors (Lipinski definition) is 5. The fraction of sp³-hybridized carbons (Fsp3) is 0.591. The summed E-state index contributed by atoms with van der Waals surface area (Å²) < 4.78 is 7.84. The van der Waals surface area contributed by atoms with Crippen LogP contribution in [0, 0.1) is 6.92 Å². The number of anilines is 2. The highest BCUT2D eigenvalue weighted by Gasteiger charge is 2.37. The molecule has 2 aromatic heterocycles. The van der Waals surface area contributed by atoms with Crippen LogP contribution in [0.5, 0.6) is 5.75 Å². The van der Waals surface area contributed by atoms with E-state index in [0.717, 1.165) is 60.9 Å². The summed E-state index contributed by atoms with van der Waals surface area (Å²) in [5, 5.41) is 0. The number of aromatic nitrogens is 3. The van der Waals surface area contributed by atoms with Gasteiger partial charge in [0, 0.05) is 31.8 Å². The average Bonchev–Trinajstić information content (AvgIpc) is 3.10. The van der Waals surface area contributed by atoms with Gasteiger partial charge in [0.1, 0.15) is 17.3 Å². The Bertz CT molecular complexity index is 870. The number of pyridine rings is 1. The fourth-order valence-electron chi connectivity index (χ4n) is 4.29. The van der Waals surface area contributed by atoms with Gasteiger partial charge in [-0.3, -0.25) is 9.78 Å². The zero-order chi connectivity index (χ0) is 21.1. The lowest BCUT2D eigenvalue weighted by Gasteiger charge is -2.35.